The van der Waals surface area contributed by atoms with E-state index in [0.29, 0.717) is 10.9 Å². The Hall–Kier alpha value is -2.60. The van der Waals surface area contributed by atoms with Gasteiger partial charge in [0.15, 0.2) is 5.65 Å². The van der Waals surface area contributed by atoms with E-state index < -0.39 is 0 Å². The first kappa shape index (κ1) is 23.6. The van der Waals surface area contributed by atoms with E-state index in [9.17, 15) is 4.79 Å². The van der Waals surface area contributed by atoms with E-state index in [4.69, 9.17) is 21.7 Å². The number of rotatable bonds is 7. The van der Waals surface area contributed by atoms with Crippen LogP contribution in [0, 0.1) is 19.8 Å². The van der Waals surface area contributed by atoms with E-state index >= 15 is 0 Å². The first-order valence-corrected chi connectivity index (χ1v) is 12.5. The summed E-state index contributed by atoms with van der Waals surface area (Å²) < 4.78 is 1.97. The maximum atomic E-state index is 13.1. The summed E-state index contributed by atoms with van der Waals surface area (Å²) in [6.45, 7) is 11.7. The van der Waals surface area contributed by atoms with E-state index in [-0.39, 0.29) is 5.92 Å². The Morgan fingerprint density at radius 2 is 1.73 bits per heavy atom. The highest BCUT2D eigenvalue weighted by molar-refractivity contribution is 6.30. The molecule has 0 saturated carbocycles. The van der Waals surface area contributed by atoms with Crippen molar-refractivity contribution in [2.45, 2.75) is 53.4 Å². The lowest BCUT2D eigenvalue weighted by Gasteiger charge is -2.35. The minimum absolute atomic E-state index is 0.113. The van der Waals surface area contributed by atoms with Crippen LogP contribution in [-0.4, -0.2) is 51.6 Å². The smallest absolute Gasteiger partial charge is 0.225 e. The number of aromatic nitrogens is 3. The summed E-state index contributed by atoms with van der Waals surface area (Å²) in [7, 11) is 0. The van der Waals surface area contributed by atoms with Gasteiger partial charge in [-0.25, -0.2) is 4.98 Å². The van der Waals surface area contributed by atoms with Gasteiger partial charge in [-0.15, -0.1) is 0 Å². The van der Waals surface area contributed by atoms with Crippen molar-refractivity contribution in [1.29, 1.82) is 0 Å². The van der Waals surface area contributed by atoms with E-state index in [2.05, 4.69) is 29.7 Å². The van der Waals surface area contributed by atoms with Gasteiger partial charge in [-0.1, -0.05) is 37.6 Å². The molecule has 1 fully saturated rings. The second-order valence-corrected chi connectivity index (χ2v) is 9.48. The zero-order chi connectivity index (χ0) is 23.5. The molecule has 0 unspecified atom stereocenters. The first-order chi connectivity index (χ1) is 15.9. The number of piperidine rings is 1. The van der Waals surface area contributed by atoms with Gasteiger partial charge in [0.2, 0.25) is 5.91 Å². The quantitative estimate of drug-likeness (QED) is 0.458. The van der Waals surface area contributed by atoms with Gasteiger partial charge in [0.05, 0.1) is 5.69 Å². The summed E-state index contributed by atoms with van der Waals surface area (Å²) in [5.41, 5.74) is 4.86. The highest BCUT2D eigenvalue weighted by Gasteiger charge is 2.29. The molecule has 0 aliphatic carbocycles. The molecule has 0 bridgehead atoms. The fraction of sp³-hybridized carbons (Fsp3) is 0.500. The van der Waals surface area contributed by atoms with Gasteiger partial charge in [0.25, 0.3) is 0 Å². The van der Waals surface area contributed by atoms with Crippen molar-refractivity contribution in [1.82, 2.24) is 19.5 Å². The fourth-order valence-corrected chi connectivity index (χ4v) is 5.02. The topological polar surface area (TPSA) is 53.7 Å². The number of hydrogen-bond donors (Lipinski definition) is 0. The maximum Gasteiger partial charge on any atom is 0.225 e. The molecule has 3 aromatic rings. The summed E-state index contributed by atoms with van der Waals surface area (Å²) in [5.74, 6) is 1.49. The Balaban J connectivity index is 1.59. The van der Waals surface area contributed by atoms with Gasteiger partial charge in [0.1, 0.15) is 5.82 Å². The van der Waals surface area contributed by atoms with Crippen LogP contribution in [0.1, 0.15) is 50.9 Å². The van der Waals surface area contributed by atoms with Crippen LogP contribution in [0.25, 0.3) is 16.8 Å². The van der Waals surface area contributed by atoms with Crippen molar-refractivity contribution >= 4 is 29.0 Å². The largest absolute Gasteiger partial charge is 0.356 e. The van der Waals surface area contributed by atoms with Crippen molar-refractivity contribution in [3.05, 3.63) is 46.7 Å². The molecule has 3 heterocycles. The molecule has 1 aliphatic heterocycles. The van der Waals surface area contributed by atoms with Gasteiger partial charge < -0.3 is 9.80 Å². The fourth-order valence-electron chi connectivity index (χ4n) is 4.89. The Bertz CT molecular complexity index is 1110. The maximum absolute atomic E-state index is 13.1. The third-order valence-corrected chi connectivity index (χ3v) is 6.73. The predicted molar refractivity (Wildman–Crippen MR) is 135 cm³/mol. The van der Waals surface area contributed by atoms with Crippen LogP contribution in [0.4, 0.5) is 5.82 Å². The molecule has 176 valence electrons. The molecule has 1 aliphatic rings. The zero-order valence-corrected chi connectivity index (χ0v) is 20.9. The number of benzene rings is 1. The number of fused-ring (bicyclic) bond motifs is 1. The second kappa shape index (κ2) is 10.1. The molecule has 1 aromatic carbocycles. The van der Waals surface area contributed by atoms with Crippen molar-refractivity contribution in [2.24, 2.45) is 5.92 Å². The molecule has 1 amide bonds. The molecule has 0 spiro atoms. The number of carbonyl (C=O) groups is 1. The van der Waals surface area contributed by atoms with Crippen LogP contribution >= 0.6 is 11.6 Å². The Kier molecular flexibility index (Phi) is 7.23. The molecular weight excluding hydrogens is 434 g/mol. The molecule has 4 rings (SSSR count). The Morgan fingerprint density at radius 3 is 2.33 bits per heavy atom. The molecule has 0 atom stereocenters. The standard InChI is InChI=1S/C26H34ClN5O/c1-5-13-31(14-6-2)26(33)21-11-15-30(16-12-21)23-17-18(3)28-25-24(19(4)29-32(23)25)20-7-9-22(27)10-8-20/h7-10,17,21H,5-6,11-16H2,1-4H3. The molecule has 7 heteroatoms. The van der Waals surface area contributed by atoms with Crippen LogP contribution in [-0.2, 0) is 4.79 Å². The lowest BCUT2D eigenvalue weighted by Crippen LogP contribution is -2.43. The average Bonchev–Trinajstić information content (AvgIpc) is 3.14. The number of aryl methyl sites for hydroxylation is 2. The van der Waals surface area contributed by atoms with Crippen molar-refractivity contribution < 1.29 is 4.79 Å². The molecular formula is C26H34ClN5O. The van der Waals surface area contributed by atoms with E-state index in [0.717, 1.165) is 85.8 Å². The third-order valence-electron chi connectivity index (χ3n) is 6.47. The number of amides is 1. The third kappa shape index (κ3) is 4.86. The monoisotopic (exact) mass is 467 g/mol. The molecule has 2 aromatic heterocycles. The van der Waals surface area contributed by atoms with Crippen molar-refractivity contribution in [3.63, 3.8) is 0 Å². The molecule has 6 nitrogen and oxygen atoms in total. The minimum atomic E-state index is 0.113. The number of hydrogen-bond acceptors (Lipinski definition) is 4. The van der Waals surface area contributed by atoms with E-state index in [1.807, 2.05) is 42.6 Å². The summed E-state index contributed by atoms with van der Waals surface area (Å²) in [4.78, 5) is 22.3. The summed E-state index contributed by atoms with van der Waals surface area (Å²) in [6, 6.07) is 9.95. The Morgan fingerprint density at radius 1 is 1.09 bits per heavy atom. The molecule has 33 heavy (non-hydrogen) atoms. The molecule has 0 radical (unpaired) electrons. The first-order valence-electron chi connectivity index (χ1n) is 12.1. The second-order valence-electron chi connectivity index (χ2n) is 9.05. The highest BCUT2D eigenvalue weighted by Crippen LogP contribution is 2.32. The normalized spacial score (nSPS) is 14.8. The highest BCUT2D eigenvalue weighted by atomic mass is 35.5. The van der Waals surface area contributed by atoms with Gasteiger partial charge in [-0.2, -0.15) is 9.61 Å². The number of nitrogens with zero attached hydrogens (tertiary/aromatic N) is 5. The average molecular weight is 468 g/mol. The SMILES string of the molecule is CCCN(CCC)C(=O)C1CCN(c2cc(C)nc3c(-c4ccc(Cl)cc4)c(C)nn23)CC1. The van der Waals surface area contributed by atoms with Crippen LogP contribution < -0.4 is 4.90 Å². The summed E-state index contributed by atoms with van der Waals surface area (Å²) in [6.07, 6.45) is 3.76. The van der Waals surface area contributed by atoms with Gasteiger partial charge in [0, 0.05) is 54.4 Å². The number of halogens is 1. The van der Waals surface area contributed by atoms with Crippen LogP contribution in [0.15, 0.2) is 30.3 Å². The van der Waals surface area contributed by atoms with E-state index in [1.165, 1.54) is 0 Å². The van der Waals surface area contributed by atoms with Crippen molar-refractivity contribution in [3.8, 4) is 11.1 Å². The van der Waals surface area contributed by atoms with Crippen LogP contribution in [0.3, 0.4) is 0 Å². The number of anilines is 1. The zero-order valence-electron chi connectivity index (χ0n) is 20.1. The lowest BCUT2D eigenvalue weighted by atomic mass is 9.95. The summed E-state index contributed by atoms with van der Waals surface area (Å²) in [5, 5.41) is 5.58. The molecule has 0 N–H and O–H groups in total. The Labute approximate surface area is 201 Å². The van der Waals surface area contributed by atoms with Gasteiger partial charge in [-0.3, -0.25) is 4.79 Å². The van der Waals surface area contributed by atoms with Gasteiger partial charge in [-0.05, 0) is 57.2 Å². The van der Waals surface area contributed by atoms with E-state index in [1.54, 1.807) is 0 Å². The molecule has 1 saturated heterocycles. The van der Waals surface area contributed by atoms with Crippen molar-refractivity contribution in [2.75, 3.05) is 31.1 Å². The summed E-state index contributed by atoms with van der Waals surface area (Å²) >= 11 is 6.10. The van der Waals surface area contributed by atoms with Crippen LogP contribution in [0.2, 0.25) is 5.02 Å². The number of carbonyl (C=O) groups excluding carboxylic acids is 1. The minimum Gasteiger partial charge on any atom is -0.356 e. The predicted octanol–water partition coefficient (Wildman–Crippen LogP) is 5.53. The van der Waals surface area contributed by atoms with Crippen LogP contribution in [0.5, 0.6) is 0 Å². The lowest BCUT2D eigenvalue weighted by molar-refractivity contribution is -0.136. The van der Waals surface area contributed by atoms with Gasteiger partial charge >= 0.3 is 0 Å².